The number of Topliss-reactive ketones (excluding diaryl/α,β-unsaturated/α-hetero) is 3. The normalized spacial score (nSPS) is 16.4. The lowest BCUT2D eigenvalue weighted by Crippen LogP contribution is -2.35. The summed E-state index contributed by atoms with van der Waals surface area (Å²) in [5, 5.41) is 0.656. The quantitative estimate of drug-likeness (QED) is 0.619. The molecule has 1 aliphatic carbocycles. The van der Waals surface area contributed by atoms with Crippen LogP contribution in [0.5, 0.6) is 0 Å². The Balaban J connectivity index is 2.12. The highest BCUT2D eigenvalue weighted by molar-refractivity contribution is 9.10. The van der Waals surface area contributed by atoms with Crippen LogP contribution in [0.15, 0.2) is 34.9 Å². The Morgan fingerprint density at radius 1 is 1.14 bits per heavy atom. The van der Waals surface area contributed by atoms with Gasteiger partial charge in [-0.2, -0.15) is 0 Å². The van der Waals surface area contributed by atoms with Crippen LogP contribution in [0.3, 0.4) is 0 Å². The summed E-state index contributed by atoms with van der Waals surface area (Å²) >= 11 is 3.39. The van der Waals surface area contributed by atoms with Crippen molar-refractivity contribution < 1.29 is 14.4 Å². The van der Waals surface area contributed by atoms with Gasteiger partial charge in [-0.05, 0) is 40.5 Å². The van der Waals surface area contributed by atoms with E-state index in [4.69, 9.17) is 0 Å². The number of fused-ring (bicyclic) bond motifs is 1. The SMILES string of the molecule is O=C1CCCC(=O)C1C(=O)c1ccc(Br)c2ncccc12. The van der Waals surface area contributed by atoms with Gasteiger partial charge < -0.3 is 0 Å². The van der Waals surface area contributed by atoms with Crippen molar-refractivity contribution in [2.45, 2.75) is 19.3 Å². The van der Waals surface area contributed by atoms with Crippen LogP contribution in [0.4, 0.5) is 0 Å². The third-order valence-electron chi connectivity index (χ3n) is 3.74. The predicted octanol–water partition coefficient (Wildman–Crippen LogP) is 3.12. The monoisotopic (exact) mass is 345 g/mol. The van der Waals surface area contributed by atoms with Gasteiger partial charge in [0.2, 0.25) is 0 Å². The number of pyridine rings is 1. The van der Waals surface area contributed by atoms with E-state index in [0.29, 0.717) is 35.7 Å². The summed E-state index contributed by atoms with van der Waals surface area (Å²) in [7, 11) is 0. The fourth-order valence-electron chi connectivity index (χ4n) is 2.71. The van der Waals surface area contributed by atoms with Crippen LogP contribution in [0.1, 0.15) is 29.6 Å². The lowest BCUT2D eigenvalue weighted by molar-refractivity contribution is -0.133. The lowest BCUT2D eigenvalue weighted by atomic mass is 9.81. The molecule has 5 heteroatoms. The first-order valence-electron chi connectivity index (χ1n) is 6.72. The Hall–Kier alpha value is -1.88. The lowest BCUT2D eigenvalue weighted by Gasteiger charge is -2.19. The Morgan fingerprint density at radius 3 is 2.57 bits per heavy atom. The smallest absolute Gasteiger partial charge is 0.181 e. The van der Waals surface area contributed by atoms with Crippen LogP contribution in [-0.2, 0) is 9.59 Å². The molecule has 1 saturated carbocycles. The summed E-state index contributed by atoms with van der Waals surface area (Å²) in [6.45, 7) is 0. The molecule has 0 radical (unpaired) electrons. The van der Waals surface area contributed by atoms with Crippen molar-refractivity contribution in [3.8, 4) is 0 Å². The third-order valence-corrected chi connectivity index (χ3v) is 4.38. The van der Waals surface area contributed by atoms with Crippen molar-refractivity contribution >= 4 is 44.2 Å². The highest BCUT2D eigenvalue weighted by Crippen LogP contribution is 2.29. The molecule has 1 fully saturated rings. The second kappa shape index (κ2) is 5.48. The molecule has 21 heavy (non-hydrogen) atoms. The minimum absolute atomic E-state index is 0.267. The Bertz CT molecular complexity index is 753. The van der Waals surface area contributed by atoms with Crippen LogP contribution in [0.25, 0.3) is 10.9 Å². The van der Waals surface area contributed by atoms with Crippen molar-refractivity contribution in [1.82, 2.24) is 4.98 Å². The first kappa shape index (κ1) is 14.1. The van der Waals surface area contributed by atoms with Crippen LogP contribution >= 0.6 is 15.9 Å². The third kappa shape index (κ3) is 2.42. The number of ketones is 3. The van der Waals surface area contributed by atoms with E-state index in [1.807, 2.05) is 0 Å². The van der Waals surface area contributed by atoms with E-state index in [1.165, 1.54) is 0 Å². The zero-order valence-corrected chi connectivity index (χ0v) is 12.7. The Morgan fingerprint density at radius 2 is 1.86 bits per heavy atom. The molecule has 0 amide bonds. The van der Waals surface area contributed by atoms with Gasteiger partial charge in [0.25, 0.3) is 0 Å². The molecule has 1 aliphatic rings. The van der Waals surface area contributed by atoms with Gasteiger partial charge in [0.15, 0.2) is 17.3 Å². The number of halogens is 1. The molecule has 0 atom stereocenters. The van der Waals surface area contributed by atoms with Crippen molar-refractivity contribution in [3.63, 3.8) is 0 Å². The molecule has 3 rings (SSSR count). The summed E-state index contributed by atoms with van der Waals surface area (Å²) < 4.78 is 0.774. The molecule has 0 aliphatic heterocycles. The Labute approximate surface area is 129 Å². The minimum Gasteiger partial charge on any atom is -0.298 e. The highest BCUT2D eigenvalue weighted by Gasteiger charge is 2.37. The molecule has 0 bridgehead atoms. The van der Waals surface area contributed by atoms with Crippen LogP contribution in [0, 0.1) is 5.92 Å². The standard InChI is InChI=1S/C16H12BrNO3/c17-11-7-6-10(9-3-2-8-18-15(9)11)16(21)14-12(19)4-1-5-13(14)20/h2-3,6-8,14H,1,4-5H2. The van der Waals surface area contributed by atoms with Crippen molar-refractivity contribution in [2.24, 2.45) is 5.92 Å². The molecule has 2 aromatic rings. The maximum Gasteiger partial charge on any atom is 0.181 e. The van der Waals surface area contributed by atoms with Crippen molar-refractivity contribution in [2.75, 3.05) is 0 Å². The van der Waals surface area contributed by atoms with E-state index in [-0.39, 0.29) is 11.6 Å². The molecule has 106 valence electrons. The molecular formula is C16H12BrNO3. The fourth-order valence-corrected chi connectivity index (χ4v) is 3.15. The van der Waals surface area contributed by atoms with E-state index in [2.05, 4.69) is 20.9 Å². The number of aromatic nitrogens is 1. The van der Waals surface area contributed by atoms with E-state index in [9.17, 15) is 14.4 Å². The molecule has 1 aromatic carbocycles. The molecule has 1 aromatic heterocycles. The predicted molar refractivity (Wildman–Crippen MR) is 81.1 cm³/mol. The summed E-state index contributed by atoms with van der Waals surface area (Å²) in [6.07, 6.45) is 2.78. The van der Waals surface area contributed by atoms with E-state index in [0.717, 1.165) is 4.47 Å². The second-order valence-corrected chi connectivity index (χ2v) is 5.93. The van der Waals surface area contributed by atoms with Crippen LogP contribution < -0.4 is 0 Å². The average molecular weight is 346 g/mol. The number of hydrogen-bond donors (Lipinski definition) is 0. The number of nitrogens with zero attached hydrogens (tertiary/aromatic N) is 1. The number of benzene rings is 1. The number of carbonyl (C=O) groups is 3. The van der Waals surface area contributed by atoms with Gasteiger partial charge in [-0.15, -0.1) is 0 Å². The van der Waals surface area contributed by atoms with Gasteiger partial charge in [-0.25, -0.2) is 0 Å². The minimum atomic E-state index is -1.14. The van der Waals surface area contributed by atoms with E-state index in [1.54, 1.807) is 30.5 Å². The van der Waals surface area contributed by atoms with E-state index >= 15 is 0 Å². The van der Waals surface area contributed by atoms with Gasteiger partial charge in [0.05, 0.1) is 5.52 Å². The zero-order valence-electron chi connectivity index (χ0n) is 11.1. The van der Waals surface area contributed by atoms with Gasteiger partial charge in [-0.3, -0.25) is 19.4 Å². The number of hydrogen-bond acceptors (Lipinski definition) is 4. The molecule has 1 heterocycles. The Kier molecular flexibility index (Phi) is 3.68. The van der Waals surface area contributed by atoms with Crippen molar-refractivity contribution in [1.29, 1.82) is 0 Å². The molecule has 0 saturated heterocycles. The van der Waals surface area contributed by atoms with Gasteiger partial charge in [-0.1, -0.05) is 6.07 Å². The van der Waals surface area contributed by atoms with Crippen LogP contribution in [0.2, 0.25) is 0 Å². The largest absolute Gasteiger partial charge is 0.298 e. The molecule has 4 nitrogen and oxygen atoms in total. The second-order valence-electron chi connectivity index (χ2n) is 5.08. The van der Waals surface area contributed by atoms with Crippen LogP contribution in [-0.4, -0.2) is 22.3 Å². The maximum atomic E-state index is 12.7. The topological polar surface area (TPSA) is 64.1 Å². The highest BCUT2D eigenvalue weighted by atomic mass is 79.9. The molecule has 0 N–H and O–H groups in total. The number of carbonyl (C=O) groups excluding carboxylic acids is 3. The summed E-state index contributed by atoms with van der Waals surface area (Å²) in [6, 6.07) is 6.88. The van der Waals surface area contributed by atoms with Gasteiger partial charge >= 0.3 is 0 Å². The summed E-state index contributed by atoms with van der Waals surface area (Å²) in [4.78, 5) is 40.8. The molecule has 0 spiro atoms. The number of rotatable bonds is 2. The average Bonchev–Trinajstić information content (AvgIpc) is 2.47. The molecular weight excluding hydrogens is 334 g/mol. The summed E-state index contributed by atoms with van der Waals surface area (Å²) in [5.74, 6) is -2.08. The zero-order chi connectivity index (χ0) is 15.0. The van der Waals surface area contributed by atoms with Gasteiger partial charge in [0.1, 0.15) is 5.92 Å². The summed E-state index contributed by atoms with van der Waals surface area (Å²) in [5.41, 5.74) is 1.04. The maximum absolute atomic E-state index is 12.7. The van der Waals surface area contributed by atoms with Gasteiger partial charge in [0, 0.05) is 34.5 Å². The van der Waals surface area contributed by atoms with Crippen molar-refractivity contribution in [3.05, 3.63) is 40.5 Å². The molecule has 0 unspecified atom stereocenters. The first-order valence-corrected chi connectivity index (χ1v) is 7.52. The first-order chi connectivity index (χ1) is 10.1. The van der Waals surface area contributed by atoms with E-state index < -0.39 is 11.7 Å². The fraction of sp³-hybridized carbons (Fsp3) is 0.250.